The van der Waals surface area contributed by atoms with Crippen LogP contribution in [0.5, 0.6) is 0 Å². The van der Waals surface area contributed by atoms with Crippen LogP contribution in [0.2, 0.25) is 0 Å². The van der Waals surface area contributed by atoms with Crippen molar-refractivity contribution in [3.05, 3.63) is 459 Å². The minimum atomic E-state index is -0.0875. The van der Waals surface area contributed by atoms with Crippen molar-refractivity contribution in [2.24, 2.45) is 0 Å². The van der Waals surface area contributed by atoms with Crippen LogP contribution in [0, 0.1) is 0 Å². The number of para-hydroxylation sites is 3. The van der Waals surface area contributed by atoms with Crippen molar-refractivity contribution >= 4 is 96.9 Å². The minimum absolute atomic E-state index is 0.0726. The van der Waals surface area contributed by atoms with Crippen LogP contribution in [0.25, 0.3) is 227 Å². The molecular formula is C123H84N12S. The molecule has 0 saturated carbocycles. The normalized spacial score (nSPS) is 12.7. The predicted molar refractivity (Wildman–Crippen MR) is 559 cm³/mol. The Morgan fingerprint density at radius 1 is 0.169 bits per heavy atom. The Labute approximate surface area is 789 Å². The highest BCUT2D eigenvalue weighted by Crippen LogP contribution is 2.54. The molecule has 0 atom stereocenters. The van der Waals surface area contributed by atoms with E-state index in [1.165, 1.54) is 130 Å². The van der Waals surface area contributed by atoms with Gasteiger partial charge in [0.25, 0.3) is 0 Å². The van der Waals surface area contributed by atoms with Gasteiger partial charge in [-0.3, -0.25) is 0 Å². The van der Waals surface area contributed by atoms with E-state index in [1.807, 2.05) is 193 Å². The van der Waals surface area contributed by atoms with Gasteiger partial charge in [-0.05, 0) is 166 Å². The SMILES string of the molecule is CC1(C)c2ccccc2-c2cc3c4ccccc4n(-c4ccc(-c5nc(-c6ccccc6)nc(-c6ccccc6)n5)cc4)c3cc21.CC1(C)c2ccccc2-c2cc3c4ccccc4n(-c4cccc(-c5nc(-c6ccccc6)nc(-c6ccccc6)n5)c4)c3cc21.c1ccc(-c2nc(-c3ccccc3)nc(-c3ccc(-n4c5ccccc5c5cc6sc7ccccc7c6cc54)cc3)n2)cc1. The molecule has 0 unspecified atom stereocenters. The molecule has 0 N–H and O–H groups in total. The van der Waals surface area contributed by atoms with Crippen molar-refractivity contribution in [3.8, 4) is 142 Å². The van der Waals surface area contributed by atoms with Crippen molar-refractivity contribution < 1.29 is 0 Å². The van der Waals surface area contributed by atoms with Gasteiger partial charge < -0.3 is 13.7 Å². The molecule has 18 aromatic carbocycles. The van der Waals surface area contributed by atoms with Gasteiger partial charge in [0, 0.05) is 130 Å². The zero-order valence-corrected chi connectivity index (χ0v) is 75.7. The summed E-state index contributed by atoms with van der Waals surface area (Å²) < 4.78 is 9.79. The summed E-state index contributed by atoms with van der Waals surface area (Å²) in [5, 5.41) is 10.1. The van der Waals surface area contributed by atoms with Gasteiger partial charge >= 0.3 is 0 Å². The molecule has 0 spiro atoms. The second-order valence-electron chi connectivity index (χ2n) is 36.0. The lowest BCUT2D eigenvalue weighted by atomic mass is 9.82. The van der Waals surface area contributed by atoms with E-state index in [9.17, 15) is 0 Å². The fourth-order valence-corrected chi connectivity index (χ4v) is 21.6. The molecule has 25 aromatic rings. The Hall–Kier alpha value is -17.4. The molecule has 2 aliphatic rings. The van der Waals surface area contributed by atoms with Crippen LogP contribution in [-0.4, -0.2) is 58.6 Å². The van der Waals surface area contributed by atoms with E-state index in [2.05, 4.69) is 296 Å². The zero-order chi connectivity index (χ0) is 90.7. The molecule has 0 aliphatic heterocycles. The van der Waals surface area contributed by atoms with Crippen molar-refractivity contribution in [1.82, 2.24) is 58.6 Å². The average molecular weight is 1760 g/mol. The Morgan fingerprint density at radius 2 is 0.449 bits per heavy atom. The van der Waals surface area contributed by atoms with Crippen LogP contribution < -0.4 is 0 Å². The Balaban J connectivity index is 0.000000109. The quantitative estimate of drug-likeness (QED) is 0.117. The van der Waals surface area contributed by atoms with Crippen LogP contribution in [-0.2, 0) is 10.8 Å². The lowest BCUT2D eigenvalue weighted by molar-refractivity contribution is 0.661. The number of nitrogens with zero attached hydrogens (tertiary/aromatic N) is 12. The van der Waals surface area contributed by atoms with E-state index in [4.69, 9.17) is 44.9 Å². The second kappa shape index (κ2) is 32.9. The first-order valence-electron chi connectivity index (χ1n) is 46.1. The molecule has 0 amide bonds. The Morgan fingerprint density at radius 3 is 0.816 bits per heavy atom. The van der Waals surface area contributed by atoms with Crippen molar-refractivity contribution in [2.75, 3.05) is 0 Å². The van der Waals surface area contributed by atoms with Gasteiger partial charge in [0.15, 0.2) is 52.4 Å². The zero-order valence-electron chi connectivity index (χ0n) is 74.8. The molecule has 0 bridgehead atoms. The summed E-state index contributed by atoms with van der Waals surface area (Å²) in [6, 6.07) is 153. The molecule has 7 aromatic heterocycles. The van der Waals surface area contributed by atoms with E-state index in [-0.39, 0.29) is 10.8 Å². The first-order valence-corrected chi connectivity index (χ1v) is 46.9. The van der Waals surface area contributed by atoms with Gasteiger partial charge in [-0.15, -0.1) is 11.3 Å². The highest BCUT2D eigenvalue weighted by Gasteiger charge is 2.38. The third-order valence-corrected chi connectivity index (χ3v) is 28.3. The fourth-order valence-electron chi connectivity index (χ4n) is 20.5. The summed E-state index contributed by atoms with van der Waals surface area (Å²) >= 11 is 1.86. The number of rotatable bonds is 12. The van der Waals surface area contributed by atoms with Crippen LogP contribution in [0.4, 0.5) is 0 Å². The number of benzene rings is 18. The summed E-state index contributed by atoms with van der Waals surface area (Å²) in [6.07, 6.45) is 0. The van der Waals surface area contributed by atoms with Gasteiger partial charge in [0.2, 0.25) is 0 Å². The summed E-state index contributed by atoms with van der Waals surface area (Å²) in [6.45, 7) is 9.36. The molecule has 27 rings (SSSR count). The topological polar surface area (TPSA) is 131 Å². The first kappa shape index (κ1) is 80.7. The average Bonchev–Trinajstić information content (AvgIpc) is 1.56. The van der Waals surface area contributed by atoms with Gasteiger partial charge in [-0.1, -0.05) is 343 Å². The van der Waals surface area contributed by atoms with Crippen molar-refractivity contribution in [1.29, 1.82) is 0 Å². The maximum atomic E-state index is 5.00. The van der Waals surface area contributed by atoms with E-state index >= 15 is 0 Å². The standard InChI is InChI=1S/2C42H30N4.C39H24N4S/c1-42(2)35-22-11-9-20-31(35)33-25-34-32-21-10-12-23-37(32)46(38(34)26-36(33)42)30-19-13-18-29(24-30)41-44-39(27-14-5-3-6-15-27)43-40(45-41)28-16-7-4-8-17-28;1-42(2)35-19-11-9-17-31(35)33-25-34-32-18-10-12-20-37(32)46(38(34)26-36(33)42)30-23-21-29(22-24-30)41-44-39(27-13-5-3-6-14-27)43-40(45-41)28-15-7-4-8-16-28;1-3-11-25(12-4-1)37-40-38(26-13-5-2-6-14-26)42-39(41-37)27-19-21-28(22-20-27)43-33-17-9-7-15-29(33)31-24-36-32(23-34(31)43)30-16-8-10-18-35(30)44-36/h2*3-26H,1-2H3;1-24H. The number of thiophene rings is 1. The fraction of sp³-hybridized carbons (Fsp3) is 0.0488. The second-order valence-corrected chi connectivity index (χ2v) is 37.0. The van der Waals surface area contributed by atoms with Crippen LogP contribution in [0.1, 0.15) is 49.9 Å². The third kappa shape index (κ3) is 13.9. The monoisotopic (exact) mass is 1760 g/mol. The maximum Gasteiger partial charge on any atom is 0.164 e. The van der Waals surface area contributed by atoms with Crippen LogP contribution in [0.3, 0.4) is 0 Å². The number of fused-ring (bicyclic) bond motifs is 18. The lowest BCUT2D eigenvalue weighted by Crippen LogP contribution is -2.15. The molecule has 13 heteroatoms. The molecule has 2 aliphatic carbocycles. The Kier molecular flexibility index (Phi) is 19.5. The Bertz CT molecular complexity index is 8830. The molecule has 0 saturated heterocycles. The summed E-state index contributed by atoms with van der Waals surface area (Å²) in [4.78, 5) is 44.3. The van der Waals surface area contributed by atoms with Gasteiger partial charge in [-0.2, -0.15) is 0 Å². The highest BCUT2D eigenvalue weighted by molar-refractivity contribution is 7.25. The van der Waals surface area contributed by atoms with Gasteiger partial charge in [0.1, 0.15) is 0 Å². The molecule has 0 radical (unpaired) electrons. The molecule has 12 nitrogen and oxygen atoms in total. The highest BCUT2D eigenvalue weighted by atomic mass is 32.1. The molecule has 0 fully saturated rings. The first-order chi connectivity index (χ1) is 66.9. The molecular weight excluding hydrogens is 1680 g/mol. The molecule has 642 valence electrons. The summed E-state index contributed by atoms with van der Waals surface area (Å²) in [5.41, 5.74) is 29.7. The number of hydrogen-bond acceptors (Lipinski definition) is 10. The molecule has 7 heterocycles. The van der Waals surface area contributed by atoms with E-state index < -0.39 is 0 Å². The number of hydrogen-bond donors (Lipinski definition) is 0. The summed E-state index contributed by atoms with van der Waals surface area (Å²) in [5.74, 6) is 5.90. The van der Waals surface area contributed by atoms with E-state index in [0.717, 1.165) is 67.1 Å². The van der Waals surface area contributed by atoms with Gasteiger partial charge in [-0.25, -0.2) is 44.9 Å². The predicted octanol–water partition coefficient (Wildman–Crippen LogP) is 30.9. The largest absolute Gasteiger partial charge is 0.309 e. The smallest absolute Gasteiger partial charge is 0.164 e. The van der Waals surface area contributed by atoms with E-state index in [1.54, 1.807) is 0 Å². The third-order valence-electron chi connectivity index (χ3n) is 27.2. The lowest BCUT2D eigenvalue weighted by Gasteiger charge is -2.21. The minimum Gasteiger partial charge on any atom is -0.309 e. The number of aromatic nitrogens is 12. The van der Waals surface area contributed by atoms with Crippen LogP contribution in [0.15, 0.2) is 437 Å². The van der Waals surface area contributed by atoms with Gasteiger partial charge in [0.05, 0.1) is 33.1 Å². The maximum absolute atomic E-state index is 5.00. The summed E-state index contributed by atoms with van der Waals surface area (Å²) in [7, 11) is 0. The van der Waals surface area contributed by atoms with Crippen molar-refractivity contribution in [3.63, 3.8) is 0 Å². The molecule has 136 heavy (non-hydrogen) atoms. The van der Waals surface area contributed by atoms with Crippen molar-refractivity contribution in [2.45, 2.75) is 38.5 Å². The van der Waals surface area contributed by atoms with E-state index in [0.29, 0.717) is 52.4 Å². The van der Waals surface area contributed by atoms with Crippen LogP contribution >= 0.6 is 11.3 Å².